The van der Waals surface area contributed by atoms with Gasteiger partial charge in [0, 0.05) is 21.7 Å². The van der Waals surface area contributed by atoms with Crippen molar-refractivity contribution in [2.75, 3.05) is 0 Å². The van der Waals surface area contributed by atoms with Gasteiger partial charge in [-0.25, -0.2) is 0 Å². The van der Waals surface area contributed by atoms with Crippen molar-refractivity contribution < 1.29 is 14.7 Å². The average molecular weight is 435 g/mol. The molecule has 0 aliphatic rings. The van der Waals surface area contributed by atoms with Crippen molar-refractivity contribution in [1.29, 1.82) is 0 Å². The lowest BCUT2D eigenvalue weighted by Crippen LogP contribution is -2.11. The number of halogens is 1. The number of benzene rings is 3. The fraction of sp³-hybridized carbons (Fsp3) is 0.200. The third-order valence-corrected chi connectivity index (χ3v) is 5.51. The second-order valence-corrected chi connectivity index (χ2v) is 8.87. The molecular weight excluding hydrogens is 412 g/mol. The van der Waals surface area contributed by atoms with E-state index < -0.39 is 0 Å². The highest BCUT2D eigenvalue weighted by Gasteiger charge is 2.23. The molecule has 0 atom stereocenters. The van der Waals surface area contributed by atoms with E-state index in [9.17, 15) is 10.2 Å². The molecule has 3 aromatic carbocycles. The van der Waals surface area contributed by atoms with Crippen molar-refractivity contribution in [1.82, 2.24) is 10.1 Å². The summed E-state index contributed by atoms with van der Waals surface area (Å²) in [5.41, 5.74) is 3.31. The van der Waals surface area contributed by atoms with Gasteiger partial charge in [0.25, 0.3) is 0 Å². The number of aromatic hydroxyl groups is 2. The summed E-state index contributed by atoms with van der Waals surface area (Å²) in [6, 6.07) is 18.2. The molecule has 6 heteroatoms. The summed E-state index contributed by atoms with van der Waals surface area (Å²) in [6.07, 6.45) is 0.288. The number of phenolic OH excluding ortho intramolecular Hbond substituents is 2. The van der Waals surface area contributed by atoms with Crippen LogP contribution in [-0.4, -0.2) is 20.4 Å². The van der Waals surface area contributed by atoms with Gasteiger partial charge in [-0.2, -0.15) is 4.98 Å². The molecule has 0 unspecified atom stereocenters. The second-order valence-electron chi connectivity index (χ2n) is 8.47. The zero-order valence-electron chi connectivity index (χ0n) is 17.6. The number of hydrogen-bond donors (Lipinski definition) is 2. The Morgan fingerprint density at radius 2 is 1.58 bits per heavy atom. The molecule has 0 spiro atoms. The number of phenols is 2. The van der Waals surface area contributed by atoms with Gasteiger partial charge in [0.05, 0.1) is 12.0 Å². The first-order chi connectivity index (χ1) is 14.7. The van der Waals surface area contributed by atoms with E-state index in [4.69, 9.17) is 16.1 Å². The zero-order valence-corrected chi connectivity index (χ0v) is 18.3. The van der Waals surface area contributed by atoms with Crippen LogP contribution < -0.4 is 0 Å². The molecule has 2 N–H and O–H groups in total. The first-order valence-corrected chi connectivity index (χ1v) is 10.3. The summed E-state index contributed by atoms with van der Waals surface area (Å²) in [5, 5.41) is 25.8. The minimum atomic E-state index is -0.180. The van der Waals surface area contributed by atoms with Crippen LogP contribution in [0.3, 0.4) is 0 Å². The van der Waals surface area contributed by atoms with Crippen LogP contribution in [-0.2, 0) is 11.8 Å². The number of nitrogens with zero attached hydrogens (tertiary/aromatic N) is 2. The minimum absolute atomic E-state index is 0.0380. The smallest absolute Gasteiger partial charge is 0.231 e. The van der Waals surface area contributed by atoms with Gasteiger partial charge >= 0.3 is 0 Å². The van der Waals surface area contributed by atoms with Crippen LogP contribution in [0.15, 0.2) is 65.2 Å². The molecule has 0 aliphatic carbocycles. The van der Waals surface area contributed by atoms with E-state index >= 15 is 0 Å². The van der Waals surface area contributed by atoms with Gasteiger partial charge in [0.1, 0.15) is 11.5 Å². The highest BCUT2D eigenvalue weighted by molar-refractivity contribution is 6.33. The van der Waals surface area contributed by atoms with Gasteiger partial charge in [-0.15, -0.1) is 0 Å². The Labute approximate surface area is 186 Å². The van der Waals surface area contributed by atoms with Crippen LogP contribution >= 0.6 is 11.6 Å². The van der Waals surface area contributed by atoms with Crippen molar-refractivity contribution in [3.05, 3.63) is 82.7 Å². The van der Waals surface area contributed by atoms with E-state index in [1.807, 2.05) is 36.4 Å². The van der Waals surface area contributed by atoms with Crippen LogP contribution in [0.5, 0.6) is 11.5 Å². The van der Waals surface area contributed by atoms with Gasteiger partial charge < -0.3 is 14.7 Å². The van der Waals surface area contributed by atoms with Crippen LogP contribution in [0.2, 0.25) is 5.02 Å². The summed E-state index contributed by atoms with van der Waals surface area (Å²) in [5.74, 6) is 0.829. The molecule has 0 radical (unpaired) electrons. The Hall–Kier alpha value is -3.31. The van der Waals surface area contributed by atoms with Gasteiger partial charge in [-0.05, 0) is 35.2 Å². The van der Waals surface area contributed by atoms with Crippen molar-refractivity contribution in [3.8, 4) is 34.0 Å². The molecular formula is C25H23ClN2O3. The molecule has 4 rings (SSSR count). The van der Waals surface area contributed by atoms with Crippen molar-refractivity contribution in [2.45, 2.75) is 32.6 Å². The number of rotatable bonds is 4. The second kappa shape index (κ2) is 8.08. The van der Waals surface area contributed by atoms with E-state index in [0.717, 1.165) is 11.1 Å². The molecule has 31 heavy (non-hydrogen) atoms. The molecule has 0 amide bonds. The standard InChI is InChI=1S/C25H23ClN2O3/c1-25(2,3)16-13-18(17-9-5-6-10-20(17)26)23(30)19(14-16)24-27-22(31-28-24)12-15-8-4-7-11-21(15)29/h4-11,13-14,29-30H,12H2,1-3H3. The van der Waals surface area contributed by atoms with E-state index in [-0.39, 0.29) is 29.2 Å². The van der Waals surface area contributed by atoms with Crippen LogP contribution in [0, 0.1) is 0 Å². The molecule has 0 aliphatic heterocycles. The monoisotopic (exact) mass is 434 g/mol. The normalized spacial score (nSPS) is 11.6. The lowest BCUT2D eigenvalue weighted by Gasteiger charge is -2.22. The first-order valence-electron chi connectivity index (χ1n) is 9.96. The number of aromatic nitrogens is 2. The molecule has 4 aromatic rings. The Morgan fingerprint density at radius 3 is 2.29 bits per heavy atom. The molecule has 1 aromatic heterocycles. The maximum absolute atomic E-state index is 11.1. The highest BCUT2D eigenvalue weighted by Crippen LogP contribution is 2.43. The third kappa shape index (κ3) is 4.28. The van der Waals surface area contributed by atoms with Gasteiger partial charge in [0.2, 0.25) is 11.7 Å². The zero-order chi connectivity index (χ0) is 22.2. The number of para-hydroxylation sites is 1. The molecule has 0 bridgehead atoms. The fourth-order valence-corrected chi connectivity index (χ4v) is 3.62. The van der Waals surface area contributed by atoms with Crippen molar-refractivity contribution in [3.63, 3.8) is 0 Å². The quantitative estimate of drug-likeness (QED) is 0.391. The largest absolute Gasteiger partial charge is 0.508 e. The fourth-order valence-electron chi connectivity index (χ4n) is 3.38. The van der Waals surface area contributed by atoms with Crippen LogP contribution in [0.1, 0.15) is 37.8 Å². The Kier molecular flexibility index (Phi) is 5.46. The molecule has 0 saturated heterocycles. The molecule has 158 valence electrons. The molecule has 1 heterocycles. The molecule has 0 fully saturated rings. The summed E-state index contributed by atoms with van der Waals surface area (Å²) >= 11 is 6.42. The van der Waals surface area contributed by atoms with E-state index in [1.165, 1.54) is 0 Å². The lowest BCUT2D eigenvalue weighted by molar-refractivity contribution is 0.382. The van der Waals surface area contributed by atoms with Crippen LogP contribution in [0.25, 0.3) is 22.5 Å². The minimum Gasteiger partial charge on any atom is -0.508 e. The maximum atomic E-state index is 11.1. The van der Waals surface area contributed by atoms with Gasteiger partial charge in [-0.3, -0.25) is 0 Å². The summed E-state index contributed by atoms with van der Waals surface area (Å²) in [4.78, 5) is 4.48. The summed E-state index contributed by atoms with van der Waals surface area (Å²) in [7, 11) is 0. The maximum Gasteiger partial charge on any atom is 0.231 e. The Balaban J connectivity index is 1.82. The van der Waals surface area contributed by atoms with Gasteiger partial charge in [-0.1, -0.05) is 73.9 Å². The average Bonchev–Trinajstić information content (AvgIpc) is 3.18. The summed E-state index contributed by atoms with van der Waals surface area (Å²) in [6.45, 7) is 6.29. The summed E-state index contributed by atoms with van der Waals surface area (Å²) < 4.78 is 5.42. The lowest BCUT2D eigenvalue weighted by atomic mass is 9.83. The van der Waals surface area contributed by atoms with E-state index in [2.05, 4.69) is 30.9 Å². The Morgan fingerprint density at radius 1 is 0.903 bits per heavy atom. The van der Waals surface area contributed by atoms with Crippen LogP contribution in [0.4, 0.5) is 0 Å². The molecule has 0 saturated carbocycles. The Bertz CT molecular complexity index is 1240. The third-order valence-electron chi connectivity index (χ3n) is 5.18. The predicted molar refractivity (Wildman–Crippen MR) is 121 cm³/mol. The SMILES string of the molecule is CC(C)(C)c1cc(-c2noc(Cc3ccccc3O)n2)c(O)c(-c2ccccc2Cl)c1. The van der Waals surface area contributed by atoms with Crippen molar-refractivity contribution >= 4 is 11.6 Å². The number of hydrogen-bond acceptors (Lipinski definition) is 5. The highest BCUT2D eigenvalue weighted by atomic mass is 35.5. The topological polar surface area (TPSA) is 79.4 Å². The van der Waals surface area contributed by atoms with Crippen molar-refractivity contribution in [2.24, 2.45) is 0 Å². The predicted octanol–water partition coefficient (Wildman–Crippen LogP) is 6.36. The van der Waals surface area contributed by atoms with E-state index in [1.54, 1.807) is 24.3 Å². The molecule has 5 nitrogen and oxygen atoms in total. The first kappa shape index (κ1) is 20.9. The van der Waals surface area contributed by atoms with Gasteiger partial charge in [0.15, 0.2) is 0 Å². The van der Waals surface area contributed by atoms with E-state index in [0.29, 0.717) is 27.6 Å².